The summed E-state index contributed by atoms with van der Waals surface area (Å²) in [5.74, 6) is 0.0466. The molecule has 0 N–H and O–H groups in total. The average Bonchev–Trinajstić information content (AvgIpc) is 2.78. The van der Waals surface area contributed by atoms with E-state index in [0.29, 0.717) is 16.1 Å². The van der Waals surface area contributed by atoms with Gasteiger partial charge in [0.15, 0.2) is 0 Å². The van der Waals surface area contributed by atoms with E-state index < -0.39 is 0 Å². The number of nitrogens with zero attached hydrogens (tertiary/aromatic N) is 2. The number of carbonyl (C=O) groups excluding carboxylic acids is 1. The highest BCUT2D eigenvalue weighted by Gasteiger charge is 2.49. The Labute approximate surface area is 147 Å². The van der Waals surface area contributed by atoms with Gasteiger partial charge in [-0.25, -0.2) is 5.06 Å². The molecule has 6 heteroatoms. The lowest BCUT2D eigenvalue weighted by molar-refractivity contribution is -0.177. The average molecular weight is 357 g/mol. The lowest BCUT2D eigenvalue weighted by Gasteiger charge is -2.43. The number of halogens is 2. The number of fused-ring (bicyclic) bond motifs is 2. The second-order valence-electron chi connectivity index (χ2n) is 6.52. The van der Waals surface area contributed by atoms with Crippen molar-refractivity contribution in [2.75, 3.05) is 21.2 Å². The van der Waals surface area contributed by atoms with Gasteiger partial charge in [0.25, 0.3) is 5.91 Å². The molecule has 1 aromatic carbocycles. The Bertz CT molecular complexity index is 610. The van der Waals surface area contributed by atoms with Crippen LogP contribution in [-0.4, -0.2) is 49.2 Å². The Morgan fingerprint density at radius 3 is 2.70 bits per heavy atom. The van der Waals surface area contributed by atoms with E-state index in [4.69, 9.17) is 28.0 Å². The van der Waals surface area contributed by atoms with E-state index in [0.717, 1.165) is 24.8 Å². The summed E-state index contributed by atoms with van der Waals surface area (Å²) in [5, 5.41) is 2.44. The minimum atomic E-state index is -0.124. The molecule has 4 atom stereocenters. The molecule has 2 heterocycles. The number of hydroxylamine groups is 2. The van der Waals surface area contributed by atoms with Crippen LogP contribution in [0.5, 0.6) is 0 Å². The van der Waals surface area contributed by atoms with Crippen molar-refractivity contribution in [2.24, 2.45) is 5.92 Å². The third-order valence-corrected chi connectivity index (χ3v) is 6.25. The van der Waals surface area contributed by atoms with E-state index in [2.05, 4.69) is 11.9 Å². The van der Waals surface area contributed by atoms with E-state index in [9.17, 15) is 4.79 Å². The maximum Gasteiger partial charge on any atom is 0.251 e. The zero-order valence-electron chi connectivity index (χ0n) is 13.6. The Morgan fingerprint density at radius 1 is 1.30 bits per heavy atom. The molecular formula is C17H22Cl2N2O2. The van der Waals surface area contributed by atoms with Gasteiger partial charge in [0.1, 0.15) is 0 Å². The van der Waals surface area contributed by atoms with E-state index in [1.807, 2.05) is 18.2 Å². The standard InChI is InChI=1S/C17H22Cl2N2O2/c1-20-11-5-7-15(20)16(17(22)21(2)23-3)12(9-11)10-4-6-13(18)14(19)8-10/h4,6,8,11-12,15-16H,5,7,9H2,1-3H3/t11-,12-,15+,16-/m0/s1. The zero-order chi connectivity index (χ0) is 16.7. The summed E-state index contributed by atoms with van der Waals surface area (Å²) < 4.78 is 0. The van der Waals surface area contributed by atoms with Crippen LogP contribution in [0.2, 0.25) is 10.0 Å². The molecule has 4 nitrogen and oxygen atoms in total. The maximum absolute atomic E-state index is 12.9. The predicted molar refractivity (Wildman–Crippen MR) is 91.7 cm³/mol. The molecular weight excluding hydrogens is 335 g/mol. The SMILES string of the molecule is CON(C)C(=O)[C@@H]1[C@H]2CC[C@@H](C[C@H]1c1ccc(Cl)c(Cl)c1)N2C. The molecule has 23 heavy (non-hydrogen) atoms. The quantitative estimate of drug-likeness (QED) is 0.776. The summed E-state index contributed by atoms with van der Waals surface area (Å²) in [6, 6.07) is 6.50. The number of hydrogen-bond donors (Lipinski definition) is 0. The van der Waals surface area contributed by atoms with Gasteiger partial charge in [-0.15, -0.1) is 0 Å². The van der Waals surface area contributed by atoms with Crippen LogP contribution in [0.3, 0.4) is 0 Å². The molecule has 126 valence electrons. The summed E-state index contributed by atoms with van der Waals surface area (Å²) in [5.41, 5.74) is 1.09. The van der Waals surface area contributed by atoms with Crippen molar-refractivity contribution in [1.82, 2.24) is 9.96 Å². The van der Waals surface area contributed by atoms with Crippen LogP contribution in [0.1, 0.15) is 30.7 Å². The molecule has 3 rings (SSSR count). The molecule has 2 saturated heterocycles. The van der Waals surface area contributed by atoms with Gasteiger partial charge < -0.3 is 0 Å². The number of amides is 1. The Hall–Kier alpha value is -0.810. The molecule has 0 aliphatic carbocycles. The fourth-order valence-electron chi connectivity index (χ4n) is 4.19. The van der Waals surface area contributed by atoms with E-state index >= 15 is 0 Å². The number of piperidine rings is 1. The summed E-state index contributed by atoms with van der Waals surface area (Å²) in [6.07, 6.45) is 3.14. The molecule has 2 fully saturated rings. The first-order valence-corrected chi connectivity index (χ1v) is 8.68. The molecule has 2 aliphatic rings. The third-order valence-electron chi connectivity index (χ3n) is 5.51. The predicted octanol–water partition coefficient (Wildman–Crippen LogP) is 3.58. The van der Waals surface area contributed by atoms with E-state index in [1.165, 1.54) is 12.2 Å². The van der Waals surface area contributed by atoms with Crippen molar-refractivity contribution in [3.8, 4) is 0 Å². The first kappa shape index (κ1) is 17.0. The van der Waals surface area contributed by atoms with Crippen LogP contribution >= 0.6 is 23.2 Å². The zero-order valence-corrected chi connectivity index (χ0v) is 15.1. The number of benzene rings is 1. The second kappa shape index (κ2) is 6.60. The van der Waals surface area contributed by atoms with Gasteiger partial charge in [-0.3, -0.25) is 14.5 Å². The molecule has 2 bridgehead atoms. The fourth-order valence-corrected chi connectivity index (χ4v) is 4.50. The van der Waals surface area contributed by atoms with Crippen LogP contribution in [0.15, 0.2) is 18.2 Å². The van der Waals surface area contributed by atoms with Crippen molar-refractivity contribution in [3.63, 3.8) is 0 Å². The summed E-state index contributed by atoms with van der Waals surface area (Å²) in [7, 11) is 5.33. The van der Waals surface area contributed by atoms with Gasteiger partial charge in [0.2, 0.25) is 0 Å². The van der Waals surface area contributed by atoms with Crippen molar-refractivity contribution in [1.29, 1.82) is 0 Å². The van der Waals surface area contributed by atoms with Gasteiger partial charge >= 0.3 is 0 Å². The van der Waals surface area contributed by atoms with Crippen LogP contribution in [-0.2, 0) is 9.63 Å². The Balaban J connectivity index is 1.98. The largest absolute Gasteiger partial charge is 0.300 e. The molecule has 1 amide bonds. The molecule has 0 spiro atoms. The normalized spacial score (nSPS) is 30.5. The lowest BCUT2D eigenvalue weighted by atomic mass is 9.75. The number of hydrogen-bond acceptors (Lipinski definition) is 3. The molecule has 0 unspecified atom stereocenters. The fraction of sp³-hybridized carbons (Fsp3) is 0.588. The molecule has 1 aromatic rings. The van der Waals surface area contributed by atoms with Crippen molar-refractivity contribution < 1.29 is 9.63 Å². The Kier molecular flexibility index (Phi) is 4.88. The highest BCUT2D eigenvalue weighted by atomic mass is 35.5. The second-order valence-corrected chi connectivity index (χ2v) is 7.34. The van der Waals surface area contributed by atoms with Gasteiger partial charge in [0, 0.05) is 19.1 Å². The minimum Gasteiger partial charge on any atom is -0.300 e. The van der Waals surface area contributed by atoms with Crippen molar-refractivity contribution in [2.45, 2.75) is 37.3 Å². The highest BCUT2D eigenvalue weighted by Crippen LogP contribution is 2.47. The molecule has 0 aromatic heterocycles. The molecule has 2 aliphatic heterocycles. The summed E-state index contributed by atoms with van der Waals surface area (Å²) >= 11 is 12.3. The third kappa shape index (κ3) is 2.98. The summed E-state index contributed by atoms with van der Waals surface area (Å²) in [4.78, 5) is 20.4. The minimum absolute atomic E-state index is 0.0285. The smallest absolute Gasteiger partial charge is 0.251 e. The van der Waals surface area contributed by atoms with Gasteiger partial charge in [0.05, 0.1) is 23.1 Å². The van der Waals surface area contributed by atoms with Crippen molar-refractivity contribution in [3.05, 3.63) is 33.8 Å². The maximum atomic E-state index is 12.9. The van der Waals surface area contributed by atoms with Crippen LogP contribution in [0, 0.1) is 5.92 Å². The first-order valence-electron chi connectivity index (χ1n) is 7.92. The summed E-state index contributed by atoms with van der Waals surface area (Å²) in [6.45, 7) is 0. The van der Waals surface area contributed by atoms with Gasteiger partial charge in [-0.2, -0.15) is 0 Å². The molecule has 0 radical (unpaired) electrons. The Morgan fingerprint density at radius 2 is 2.04 bits per heavy atom. The van der Waals surface area contributed by atoms with Crippen LogP contribution < -0.4 is 0 Å². The van der Waals surface area contributed by atoms with Crippen LogP contribution in [0.25, 0.3) is 0 Å². The van der Waals surface area contributed by atoms with Crippen molar-refractivity contribution >= 4 is 29.1 Å². The number of carbonyl (C=O) groups is 1. The first-order chi connectivity index (χ1) is 10.9. The monoisotopic (exact) mass is 356 g/mol. The van der Waals surface area contributed by atoms with Gasteiger partial charge in [-0.05, 0) is 49.9 Å². The topological polar surface area (TPSA) is 32.8 Å². The van der Waals surface area contributed by atoms with E-state index in [-0.39, 0.29) is 23.8 Å². The molecule has 0 saturated carbocycles. The number of rotatable bonds is 3. The van der Waals surface area contributed by atoms with Gasteiger partial charge in [-0.1, -0.05) is 29.3 Å². The van der Waals surface area contributed by atoms with E-state index in [1.54, 1.807) is 7.05 Å². The van der Waals surface area contributed by atoms with Crippen LogP contribution in [0.4, 0.5) is 0 Å². The highest BCUT2D eigenvalue weighted by molar-refractivity contribution is 6.42. The lowest BCUT2D eigenvalue weighted by Crippen LogP contribution is -2.51.